The van der Waals surface area contributed by atoms with Crippen LogP contribution in [0.15, 0.2) is 18.2 Å². The Bertz CT molecular complexity index is 600. The third kappa shape index (κ3) is 3.75. The van der Waals surface area contributed by atoms with Crippen LogP contribution in [0.5, 0.6) is 0 Å². The first kappa shape index (κ1) is 18.4. The minimum absolute atomic E-state index is 0.0397. The Kier molecular flexibility index (Phi) is 5.94. The van der Waals surface area contributed by atoms with Gasteiger partial charge in [0.2, 0.25) is 5.91 Å². The molecule has 1 N–H and O–H groups in total. The fraction of sp³-hybridized carbons (Fsp3) is 0.556. The van der Waals surface area contributed by atoms with Crippen LogP contribution in [0, 0.1) is 19.8 Å². The summed E-state index contributed by atoms with van der Waals surface area (Å²) in [5.41, 5.74) is 2.38. The highest BCUT2D eigenvalue weighted by Crippen LogP contribution is 2.34. The number of halogens is 1. The van der Waals surface area contributed by atoms with E-state index in [0.717, 1.165) is 11.1 Å². The Morgan fingerprint density at radius 3 is 2.38 bits per heavy atom. The summed E-state index contributed by atoms with van der Waals surface area (Å²) in [6, 6.07) is 4.02. The van der Waals surface area contributed by atoms with Gasteiger partial charge in [0, 0.05) is 6.61 Å². The summed E-state index contributed by atoms with van der Waals surface area (Å²) in [6.45, 7) is 7.79. The molecule has 2 rings (SSSR count). The molecule has 1 saturated heterocycles. The average Bonchev–Trinajstić information content (AvgIpc) is 2.51. The largest absolute Gasteiger partial charge is 0.361 e. The lowest BCUT2D eigenvalue weighted by molar-refractivity contribution is -0.132. The quantitative estimate of drug-likeness (QED) is 0.867. The van der Waals surface area contributed by atoms with Gasteiger partial charge < -0.3 is 4.74 Å². The van der Waals surface area contributed by atoms with Gasteiger partial charge in [0.25, 0.3) is 0 Å². The number of imide groups is 1. The van der Waals surface area contributed by atoms with Crippen LogP contribution in [0.1, 0.15) is 43.1 Å². The number of ether oxygens (including phenoxy) is 1. The van der Waals surface area contributed by atoms with Crippen LogP contribution in [-0.4, -0.2) is 36.2 Å². The molecule has 1 aliphatic rings. The Balaban J connectivity index is 2.40. The number of hydrogen-bond donors (Lipinski definition) is 1. The van der Waals surface area contributed by atoms with Gasteiger partial charge in [0.1, 0.15) is 12.9 Å². The van der Waals surface area contributed by atoms with Crippen molar-refractivity contribution in [1.29, 1.82) is 0 Å². The molecule has 5 nitrogen and oxygen atoms in total. The number of rotatable bonds is 6. The molecule has 0 bridgehead atoms. The fourth-order valence-corrected chi connectivity index (χ4v) is 3.27. The van der Waals surface area contributed by atoms with Gasteiger partial charge in [-0.3, -0.25) is 15.0 Å². The van der Waals surface area contributed by atoms with Crippen LogP contribution >= 0.6 is 0 Å². The Morgan fingerprint density at radius 2 is 1.83 bits per heavy atom. The van der Waals surface area contributed by atoms with E-state index in [2.05, 4.69) is 5.32 Å². The summed E-state index contributed by atoms with van der Waals surface area (Å²) in [5, 5.41) is 2.30. The zero-order chi connectivity index (χ0) is 17.9. The number of alkyl halides is 1. The van der Waals surface area contributed by atoms with Crippen LogP contribution in [0.4, 0.5) is 9.18 Å². The minimum Gasteiger partial charge on any atom is -0.361 e. The van der Waals surface area contributed by atoms with E-state index in [0.29, 0.717) is 18.6 Å². The molecule has 24 heavy (non-hydrogen) atoms. The number of benzene rings is 1. The van der Waals surface area contributed by atoms with Crippen LogP contribution < -0.4 is 5.32 Å². The van der Waals surface area contributed by atoms with E-state index in [1.54, 1.807) is 19.1 Å². The molecule has 1 aromatic rings. The van der Waals surface area contributed by atoms with Gasteiger partial charge in [-0.05, 0) is 32.8 Å². The van der Waals surface area contributed by atoms with E-state index in [1.807, 2.05) is 26.8 Å². The van der Waals surface area contributed by atoms with Crippen molar-refractivity contribution in [1.82, 2.24) is 10.2 Å². The van der Waals surface area contributed by atoms with Crippen molar-refractivity contribution in [2.24, 2.45) is 5.92 Å². The molecule has 6 heteroatoms. The second-order valence-corrected chi connectivity index (χ2v) is 6.21. The van der Waals surface area contributed by atoms with Gasteiger partial charge in [-0.1, -0.05) is 36.2 Å². The van der Waals surface area contributed by atoms with Gasteiger partial charge in [-0.25, -0.2) is 9.18 Å². The highest BCUT2D eigenvalue weighted by molar-refractivity contribution is 5.98. The maximum absolute atomic E-state index is 15.4. The zero-order valence-corrected chi connectivity index (χ0v) is 14.6. The van der Waals surface area contributed by atoms with E-state index in [9.17, 15) is 9.59 Å². The fourth-order valence-electron chi connectivity index (χ4n) is 3.27. The summed E-state index contributed by atoms with van der Waals surface area (Å²) in [4.78, 5) is 25.7. The number of nitrogens with one attached hydrogen (secondary N) is 1. The predicted molar refractivity (Wildman–Crippen MR) is 89.2 cm³/mol. The monoisotopic (exact) mass is 336 g/mol. The molecule has 0 aromatic heterocycles. The van der Waals surface area contributed by atoms with Gasteiger partial charge in [0.15, 0.2) is 0 Å². The summed E-state index contributed by atoms with van der Waals surface area (Å²) in [6.07, 6.45) is -1.01. The Morgan fingerprint density at radius 1 is 1.21 bits per heavy atom. The van der Waals surface area contributed by atoms with Crippen LogP contribution in [0.25, 0.3) is 0 Å². The molecule has 3 amide bonds. The number of urea groups is 1. The topological polar surface area (TPSA) is 58.6 Å². The minimum atomic E-state index is -1.45. The molecule has 0 radical (unpaired) electrons. The molecule has 1 fully saturated rings. The standard InChI is InChI=1S/C18H25FN2O3/c1-5-14-16(15(19)13-8-11(3)7-12(4)9-13)21(10-24-6-2)18(23)20-17(14)22/h7-9,14-16H,5-6,10H2,1-4H3,(H,20,22,23). The summed E-state index contributed by atoms with van der Waals surface area (Å²) < 4.78 is 20.7. The number of carbonyl (C=O) groups is 2. The smallest absolute Gasteiger partial charge is 0.326 e. The second-order valence-electron chi connectivity index (χ2n) is 6.21. The molecule has 132 valence electrons. The van der Waals surface area contributed by atoms with Gasteiger partial charge in [0.05, 0.1) is 12.0 Å². The molecule has 0 saturated carbocycles. The maximum Gasteiger partial charge on any atom is 0.326 e. The van der Waals surface area contributed by atoms with Crippen LogP contribution in [-0.2, 0) is 9.53 Å². The lowest BCUT2D eigenvalue weighted by atomic mass is 9.86. The van der Waals surface area contributed by atoms with Gasteiger partial charge >= 0.3 is 6.03 Å². The van der Waals surface area contributed by atoms with Crippen LogP contribution in [0.2, 0.25) is 0 Å². The third-order valence-corrected chi connectivity index (χ3v) is 4.34. The van der Waals surface area contributed by atoms with E-state index in [1.165, 1.54) is 4.90 Å². The lowest BCUT2D eigenvalue weighted by Gasteiger charge is -2.41. The summed E-state index contributed by atoms with van der Waals surface area (Å²) >= 11 is 0. The highest BCUT2D eigenvalue weighted by atomic mass is 19.1. The molecule has 3 atom stereocenters. The molecule has 0 spiro atoms. The van der Waals surface area contributed by atoms with E-state index >= 15 is 4.39 Å². The summed E-state index contributed by atoms with van der Waals surface area (Å²) in [7, 11) is 0. The maximum atomic E-state index is 15.4. The molecular formula is C18H25FN2O3. The van der Waals surface area contributed by atoms with Crippen LogP contribution in [0.3, 0.4) is 0 Å². The van der Waals surface area contributed by atoms with E-state index < -0.39 is 30.1 Å². The van der Waals surface area contributed by atoms with Crippen molar-refractivity contribution in [3.8, 4) is 0 Å². The second kappa shape index (κ2) is 7.75. The lowest BCUT2D eigenvalue weighted by Crippen LogP contribution is -2.61. The van der Waals surface area contributed by atoms with Gasteiger partial charge in [-0.2, -0.15) is 0 Å². The molecule has 1 heterocycles. The SMILES string of the molecule is CCOCN1C(=O)NC(=O)C(CC)C1C(F)c1cc(C)cc(C)c1. The molecule has 1 aromatic carbocycles. The zero-order valence-electron chi connectivity index (χ0n) is 14.6. The number of carbonyl (C=O) groups excluding carboxylic acids is 2. The number of aryl methyl sites for hydroxylation is 2. The van der Waals surface area contributed by atoms with Crippen molar-refractivity contribution in [3.63, 3.8) is 0 Å². The first-order chi connectivity index (χ1) is 11.4. The molecule has 3 unspecified atom stereocenters. The van der Waals surface area contributed by atoms with Gasteiger partial charge in [-0.15, -0.1) is 0 Å². The van der Waals surface area contributed by atoms with Crippen molar-refractivity contribution in [2.45, 2.75) is 46.3 Å². The number of nitrogens with zero attached hydrogens (tertiary/aromatic N) is 1. The Hall–Kier alpha value is -1.95. The number of amides is 3. The Labute approximate surface area is 142 Å². The first-order valence-electron chi connectivity index (χ1n) is 8.30. The normalized spacial score (nSPS) is 22.5. The predicted octanol–water partition coefficient (Wildman–Crippen LogP) is 3.25. The first-order valence-corrected chi connectivity index (χ1v) is 8.30. The van der Waals surface area contributed by atoms with Crippen molar-refractivity contribution < 1.29 is 18.7 Å². The molecular weight excluding hydrogens is 311 g/mol. The van der Waals surface area contributed by atoms with Crippen molar-refractivity contribution >= 4 is 11.9 Å². The number of hydrogen-bond acceptors (Lipinski definition) is 3. The molecule has 1 aliphatic heterocycles. The molecule has 0 aliphatic carbocycles. The average molecular weight is 336 g/mol. The highest BCUT2D eigenvalue weighted by Gasteiger charge is 2.45. The third-order valence-electron chi connectivity index (χ3n) is 4.34. The summed E-state index contributed by atoms with van der Waals surface area (Å²) in [5.74, 6) is -1.04. The van der Waals surface area contributed by atoms with Crippen molar-refractivity contribution in [3.05, 3.63) is 34.9 Å². The van der Waals surface area contributed by atoms with E-state index in [-0.39, 0.29) is 6.73 Å². The van der Waals surface area contributed by atoms with E-state index in [4.69, 9.17) is 4.74 Å². The van der Waals surface area contributed by atoms with Crippen molar-refractivity contribution in [2.75, 3.05) is 13.3 Å².